The highest BCUT2D eigenvalue weighted by atomic mass is 32.1. The maximum Gasteiger partial charge on any atom is 0.0968 e. The van der Waals surface area contributed by atoms with E-state index in [4.69, 9.17) is 5.73 Å². The van der Waals surface area contributed by atoms with Crippen LogP contribution in [-0.2, 0) is 6.42 Å². The maximum atomic E-state index is 5.89. The third kappa shape index (κ3) is 2.42. The lowest BCUT2D eigenvalue weighted by molar-refractivity contribution is 0.617. The number of aryl methyl sites for hydroxylation is 1. The average molecular weight is 208 g/mol. The summed E-state index contributed by atoms with van der Waals surface area (Å²) < 4.78 is 0. The van der Waals surface area contributed by atoms with Crippen molar-refractivity contribution >= 4 is 11.3 Å². The van der Waals surface area contributed by atoms with E-state index in [0.29, 0.717) is 0 Å². The molecule has 0 amide bonds. The minimum absolute atomic E-state index is 0.278. The van der Waals surface area contributed by atoms with Gasteiger partial charge in [0.15, 0.2) is 0 Å². The summed E-state index contributed by atoms with van der Waals surface area (Å²) >= 11 is 1.75. The van der Waals surface area contributed by atoms with Crippen molar-refractivity contribution in [3.8, 4) is 0 Å². The van der Waals surface area contributed by atoms with Crippen molar-refractivity contribution < 1.29 is 0 Å². The van der Waals surface area contributed by atoms with Gasteiger partial charge in [0.2, 0.25) is 0 Å². The number of rotatable bonds is 2. The lowest BCUT2D eigenvalue weighted by Gasteiger charge is -2.16. The van der Waals surface area contributed by atoms with Crippen molar-refractivity contribution in [2.75, 3.05) is 0 Å². The Balaban J connectivity index is 2.03. The molecule has 0 spiro atoms. The van der Waals surface area contributed by atoms with Gasteiger partial charge in [-0.2, -0.15) is 0 Å². The second-order valence-electron chi connectivity index (χ2n) is 3.94. The lowest BCUT2D eigenvalue weighted by atomic mass is 9.94. The molecule has 1 aromatic rings. The largest absolute Gasteiger partial charge is 0.324 e. The van der Waals surface area contributed by atoms with Crippen LogP contribution >= 0.6 is 11.3 Å². The molecule has 1 aliphatic rings. The van der Waals surface area contributed by atoms with Crippen LogP contribution in [0, 0.1) is 6.92 Å². The Kier molecular flexibility index (Phi) is 2.99. The first-order chi connectivity index (χ1) is 6.74. The zero-order valence-electron chi connectivity index (χ0n) is 8.49. The Morgan fingerprint density at radius 3 is 3.14 bits per heavy atom. The van der Waals surface area contributed by atoms with Crippen molar-refractivity contribution in [1.82, 2.24) is 4.98 Å². The summed E-state index contributed by atoms with van der Waals surface area (Å²) in [6.45, 7) is 2.04. The molecule has 0 saturated heterocycles. The van der Waals surface area contributed by atoms with Crippen LogP contribution in [0.5, 0.6) is 0 Å². The van der Waals surface area contributed by atoms with Crippen LogP contribution in [0.4, 0.5) is 0 Å². The predicted octanol–water partition coefficient (Wildman–Crippen LogP) is 2.43. The van der Waals surface area contributed by atoms with Gasteiger partial charge >= 0.3 is 0 Å². The first kappa shape index (κ1) is 9.87. The van der Waals surface area contributed by atoms with Crippen LogP contribution in [-0.4, -0.2) is 11.0 Å². The molecular weight excluding hydrogens is 192 g/mol. The highest BCUT2D eigenvalue weighted by Crippen LogP contribution is 2.22. The van der Waals surface area contributed by atoms with E-state index in [1.807, 2.05) is 6.92 Å². The summed E-state index contributed by atoms with van der Waals surface area (Å²) in [6.07, 6.45) is 6.80. The van der Waals surface area contributed by atoms with Crippen molar-refractivity contribution in [2.24, 2.45) is 5.73 Å². The number of aromatic nitrogens is 1. The van der Waals surface area contributed by atoms with Gasteiger partial charge in [-0.25, -0.2) is 4.98 Å². The van der Waals surface area contributed by atoms with E-state index in [1.165, 1.54) is 23.4 Å². The molecule has 2 N–H and O–H groups in total. The van der Waals surface area contributed by atoms with Gasteiger partial charge in [-0.3, -0.25) is 0 Å². The molecule has 76 valence electrons. The van der Waals surface area contributed by atoms with Gasteiger partial charge in [-0.15, -0.1) is 11.3 Å². The van der Waals surface area contributed by atoms with E-state index in [1.54, 1.807) is 11.3 Å². The second kappa shape index (κ2) is 4.24. The summed E-state index contributed by atoms with van der Waals surface area (Å²) in [5.74, 6) is 0. The predicted molar refractivity (Wildman–Crippen MR) is 60.5 cm³/mol. The van der Waals surface area contributed by atoms with Crippen molar-refractivity contribution in [3.05, 3.63) is 27.7 Å². The molecule has 0 bridgehead atoms. The molecule has 0 aromatic carbocycles. The first-order valence-corrected chi connectivity index (χ1v) is 5.98. The first-order valence-electron chi connectivity index (χ1n) is 5.10. The zero-order chi connectivity index (χ0) is 9.97. The SMILES string of the molecule is Cc1csc(CC2=CC(N)CCC2)n1. The molecular formula is C11H16N2S. The van der Waals surface area contributed by atoms with Gasteiger partial charge in [0, 0.05) is 23.5 Å². The van der Waals surface area contributed by atoms with Gasteiger partial charge in [0.1, 0.15) is 0 Å². The Hall–Kier alpha value is -0.670. The second-order valence-corrected chi connectivity index (χ2v) is 4.88. The topological polar surface area (TPSA) is 38.9 Å². The van der Waals surface area contributed by atoms with Crippen molar-refractivity contribution in [1.29, 1.82) is 0 Å². The maximum absolute atomic E-state index is 5.89. The third-order valence-corrected chi connectivity index (χ3v) is 3.50. The molecule has 1 aromatic heterocycles. The van der Waals surface area contributed by atoms with Crippen molar-refractivity contribution in [2.45, 2.75) is 38.6 Å². The van der Waals surface area contributed by atoms with Gasteiger partial charge in [0.25, 0.3) is 0 Å². The fourth-order valence-corrected chi connectivity index (χ4v) is 2.68. The van der Waals surface area contributed by atoms with E-state index >= 15 is 0 Å². The van der Waals surface area contributed by atoms with Crippen molar-refractivity contribution in [3.63, 3.8) is 0 Å². The van der Waals surface area contributed by atoms with Gasteiger partial charge < -0.3 is 5.73 Å². The number of nitrogens with zero attached hydrogens (tertiary/aromatic N) is 1. The molecule has 2 nitrogen and oxygen atoms in total. The Morgan fingerprint density at radius 1 is 1.64 bits per heavy atom. The van der Waals surface area contributed by atoms with E-state index < -0.39 is 0 Å². The summed E-state index contributed by atoms with van der Waals surface area (Å²) in [5.41, 5.74) is 8.49. The van der Waals surface area contributed by atoms with E-state index in [0.717, 1.165) is 18.5 Å². The standard InChI is InChI=1S/C11H16N2S/c1-8-7-14-11(13-8)6-9-3-2-4-10(12)5-9/h5,7,10H,2-4,6,12H2,1H3. The van der Waals surface area contributed by atoms with E-state index in [9.17, 15) is 0 Å². The quantitative estimate of drug-likeness (QED) is 0.758. The fourth-order valence-electron chi connectivity index (χ4n) is 1.86. The summed E-state index contributed by atoms with van der Waals surface area (Å²) in [7, 11) is 0. The fraction of sp³-hybridized carbons (Fsp3) is 0.545. The Morgan fingerprint density at radius 2 is 2.50 bits per heavy atom. The number of nitrogens with two attached hydrogens (primary N) is 1. The molecule has 0 radical (unpaired) electrons. The molecule has 0 saturated carbocycles. The lowest BCUT2D eigenvalue weighted by Crippen LogP contribution is -2.20. The van der Waals surface area contributed by atoms with Gasteiger partial charge in [-0.1, -0.05) is 11.6 Å². The highest BCUT2D eigenvalue weighted by Gasteiger charge is 2.11. The molecule has 1 heterocycles. The van der Waals surface area contributed by atoms with Gasteiger partial charge in [-0.05, 0) is 26.2 Å². The minimum atomic E-state index is 0.278. The monoisotopic (exact) mass is 208 g/mol. The number of hydrogen-bond acceptors (Lipinski definition) is 3. The number of hydrogen-bond donors (Lipinski definition) is 1. The molecule has 14 heavy (non-hydrogen) atoms. The minimum Gasteiger partial charge on any atom is -0.324 e. The summed E-state index contributed by atoms with van der Waals surface area (Å²) in [5, 5.41) is 3.33. The van der Waals surface area contributed by atoms with Crippen LogP contribution in [0.3, 0.4) is 0 Å². The average Bonchev–Trinajstić information content (AvgIpc) is 2.51. The zero-order valence-corrected chi connectivity index (χ0v) is 9.31. The molecule has 0 aliphatic heterocycles. The third-order valence-electron chi connectivity index (χ3n) is 2.53. The number of allylic oxidation sites excluding steroid dienone is 1. The van der Waals surface area contributed by atoms with Crippen LogP contribution in [0.1, 0.15) is 30.0 Å². The Labute approximate surface area is 88.9 Å². The molecule has 2 rings (SSSR count). The smallest absolute Gasteiger partial charge is 0.0968 e. The van der Waals surface area contributed by atoms with Crippen LogP contribution < -0.4 is 5.73 Å². The van der Waals surface area contributed by atoms with E-state index in [2.05, 4.69) is 16.4 Å². The molecule has 1 aliphatic carbocycles. The highest BCUT2D eigenvalue weighted by molar-refractivity contribution is 7.09. The molecule has 1 atom stereocenters. The van der Waals surface area contributed by atoms with E-state index in [-0.39, 0.29) is 6.04 Å². The molecule has 0 fully saturated rings. The summed E-state index contributed by atoms with van der Waals surface area (Å²) in [4.78, 5) is 4.47. The normalized spacial score (nSPS) is 22.1. The molecule has 1 unspecified atom stereocenters. The van der Waals surface area contributed by atoms with Gasteiger partial charge in [0.05, 0.1) is 5.01 Å². The Bertz CT molecular complexity index is 341. The van der Waals surface area contributed by atoms with Crippen LogP contribution in [0.15, 0.2) is 17.0 Å². The van der Waals surface area contributed by atoms with Crippen LogP contribution in [0.2, 0.25) is 0 Å². The summed E-state index contributed by atoms with van der Waals surface area (Å²) in [6, 6.07) is 0.278. The van der Waals surface area contributed by atoms with Crippen LogP contribution in [0.25, 0.3) is 0 Å². The number of thiazole rings is 1. The molecule has 3 heteroatoms.